The van der Waals surface area contributed by atoms with Crippen LogP contribution in [-0.2, 0) is 6.42 Å². The molecule has 2 heteroatoms. The minimum atomic E-state index is 0.176. The molecule has 0 saturated carbocycles. The van der Waals surface area contributed by atoms with Crippen LogP contribution in [0.25, 0.3) is 5.82 Å². The lowest BCUT2D eigenvalue weighted by Gasteiger charge is -2.17. The van der Waals surface area contributed by atoms with Gasteiger partial charge in [-0.2, -0.15) is 0 Å². The summed E-state index contributed by atoms with van der Waals surface area (Å²) in [6, 6.07) is 19.1. The summed E-state index contributed by atoms with van der Waals surface area (Å²) in [5.41, 5.74) is 3.96. The van der Waals surface area contributed by atoms with Gasteiger partial charge < -0.3 is 0 Å². The normalized spacial score (nSPS) is 11.9. The summed E-state index contributed by atoms with van der Waals surface area (Å²) in [5, 5.41) is 0. The van der Waals surface area contributed by atoms with Gasteiger partial charge in [0.15, 0.2) is 0 Å². The van der Waals surface area contributed by atoms with Crippen molar-refractivity contribution in [2.45, 2.75) is 83.5 Å². The van der Waals surface area contributed by atoms with Crippen LogP contribution in [0.15, 0.2) is 85.8 Å². The highest BCUT2D eigenvalue weighted by atomic mass is 15.0. The summed E-state index contributed by atoms with van der Waals surface area (Å²) in [6.45, 7) is 6.47. The van der Waals surface area contributed by atoms with Gasteiger partial charge in [0.05, 0.1) is 18.0 Å². The van der Waals surface area contributed by atoms with Crippen LogP contribution in [-0.4, -0.2) is 4.98 Å². The number of nitrogens with zero attached hydrogens (tertiary/aromatic N) is 2. The predicted octanol–water partition coefficient (Wildman–Crippen LogP) is 8.14. The number of hydrogen-bond acceptors (Lipinski definition) is 1. The van der Waals surface area contributed by atoms with Gasteiger partial charge in [-0.25, -0.2) is 4.57 Å². The van der Waals surface area contributed by atoms with Gasteiger partial charge in [0.2, 0.25) is 0 Å². The summed E-state index contributed by atoms with van der Waals surface area (Å²) < 4.78 is 2.15. The average Bonchev–Trinajstić information content (AvgIpc) is 2.87. The highest BCUT2D eigenvalue weighted by Gasteiger charge is 2.23. The van der Waals surface area contributed by atoms with Gasteiger partial charge in [-0.05, 0) is 47.2 Å². The Kier molecular flexibility index (Phi) is 10.9. The molecule has 0 radical (unpaired) electrons. The Bertz CT molecular complexity index is 934. The van der Waals surface area contributed by atoms with E-state index in [1.165, 1.54) is 80.9 Å². The molecule has 174 valence electrons. The minimum Gasteiger partial charge on any atom is -0.203 e. The Morgan fingerprint density at radius 1 is 0.788 bits per heavy atom. The Morgan fingerprint density at radius 3 is 2.03 bits per heavy atom. The second-order valence-corrected chi connectivity index (χ2v) is 9.04. The van der Waals surface area contributed by atoms with E-state index in [1.807, 2.05) is 6.20 Å². The Labute approximate surface area is 201 Å². The van der Waals surface area contributed by atoms with Crippen LogP contribution in [0.1, 0.15) is 93.7 Å². The molecule has 0 amide bonds. The minimum absolute atomic E-state index is 0.176. The topological polar surface area (TPSA) is 16.8 Å². The molecule has 2 aromatic heterocycles. The zero-order valence-corrected chi connectivity index (χ0v) is 20.5. The van der Waals surface area contributed by atoms with Gasteiger partial charge in [-0.15, -0.1) is 6.58 Å². The number of unbranched alkanes of at least 4 members (excludes halogenated alkanes) is 9. The fraction of sp³-hybridized carbons (Fsp3) is 0.419. The first-order chi connectivity index (χ1) is 16.3. The molecule has 0 saturated heterocycles. The molecule has 3 aromatic rings. The molecule has 2 nitrogen and oxygen atoms in total. The zero-order chi connectivity index (χ0) is 23.1. The maximum atomic E-state index is 4.81. The van der Waals surface area contributed by atoms with E-state index in [-0.39, 0.29) is 5.92 Å². The van der Waals surface area contributed by atoms with Gasteiger partial charge in [-0.1, -0.05) is 107 Å². The largest absolute Gasteiger partial charge is 0.330 e. The van der Waals surface area contributed by atoms with Crippen LogP contribution >= 0.6 is 0 Å². The smallest absolute Gasteiger partial charge is 0.203 e. The highest BCUT2D eigenvalue weighted by molar-refractivity contribution is 5.44. The lowest BCUT2D eigenvalue weighted by Crippen LogP contribution is -2.32. The number of aromatic nitrogens is 2. The highest BCUT2D eigenvalue weighted by Crippen LogP contribution is 2.30. The molecule has 0 fully saturated rings. The lowest BCUT2D eigenvalue weighted by molar-refractivity contribution is -0.600. The van der Waals surface area contributed by atoms with Crippen molar-refractivity contribution >= 4 is 0 Å². The molecule has 0 N–H and O–H groups in total. The van der Waals surface area contributed by atoms with E-state index in [2.05, 4.69) is 91.1 Å². The summed E-state index contributed by atoms with van der Waals surface area (Å²) in [4.78, 5) is 4.81. The van der Waals surface area contributed by atoms with E-state index in [0.717, 1.165) is 12.2 Å². The maximum absolute atomic E-state index is 4.81. The first kappa shape index (κ1) is 24.9. The van der Waals surface area contributed by atoms with Gasteiger partial charge in [-0.3, -0.25) is 0 Å². The van der Waals surface area contributed by atoms with Crippen LogP contribution in [0, 0.1) is 0 Å². The first-order valence-electron chi connectivity index (χ1n) is 13.0. The van der Waals surface area contributed by atoms with Crippen molar-refractivity contribution in [2.75, 3.05) is 0 Å². The van der Waals surface area contributed by atoms with Crippen LogP contribution in [0.4, 0.5) is 0 Å². The second kappa shape index (κ2) is 14.4. The number of allylic oxidation sites excluding steroid dienone is 1. The predicted molar refractivity (Wildman–Crippen MR) is 140 cm³/mol. The van der Waals surface area contributed by atoms with E-state index in [4.69, 9.17) is 4.98 Å². The Morgan fingerprint density at radius 2 is 1.39 bits per heavy atom. The summed E-state index contributed by atoms with van der Waals surface area (Å²) in [6.07, 6.45) is 22.8. The molecular formula is C31H41N2+. The molecule has 1 atom stereocenters. The first-order valence-corrected chi connectivity index (χ1v) is 13.0. The quantitative estimate of drug-likeness (QED) is 0.132. The maximum Gasteiger partial charge on any atom is 0.330 e. The van der Waals surface area contributed by atoms with Crippen LogP contribution < -0.4 is 4.57 Å². The molecule has 0 aliphatic heterocycles. The van der Waals surface area contributed by atoms with E-state index < -0.39 is 0 Å². The molecule has 0 bridgehead atoms. The molecule has 2 heterocycles. The van der Waals surface area contributed by atoms with Crippen molar-refractivity contribution in [3.05, 3.63) is 103 Å². The number of rotatable bonds is 15. The van der Waals surface area contributed by atoms with Crippen LogP contribution in [0.2, 0.25) is 0 Å². The fourth-order valence-electron chi connectivity index (χ4n) is 4.70. The second-order valence-electron chi connectivity index (χ2n) is 9.04. The lowest BCUT2D eigenvalue weighted by atomic mass is 9.87. The molecule has 3 rings (SSSR count). The van der Waals surface area contributed by atoms with Crippen molar-refractivity contribution in [1.82, 2.24) is 4.98 Å². The van der Waals surface area contributed by atoms with Gasteiger partial charge in [0.25, 0.3) is 0 Å². The number of benzene rings is 1. The fourth-order valence-corrected chi connectivity index (χ4v) is 4.70. The van der Waals surface area contributed by atoms with Crippen molar-refractivity contribution in [3.63, 3.8) is 0 Å². The van der Waals surface area contributed by atoms with Gasteiger partial charge in [0.1, 0.15) is 6.20 Å². The third-order valence-electron chi connectivity index (χ3n) is 6.54. The third kappa shape index (κ3) is 7.67. The third-order valence-corrected chi connectivity index (χ3v) is 6.54. The molecule has 0 aliphatic rings. The molecule has 33 heavy (non-hydrogen) atoms. The van der Waals surface area contributed by atoms with Gasteiger partial charge in [0, 0.05) is 5.92 Å². The standard InChI is InChI=1S/C31H41N2/c1-3-5-6-7-8-9-10-11-12-17-22-30-29(28(4-2)27-20-15-13-16-21-27)23-24-32-31(30)33-25-18-14-19-26-33/h4,13-16,18-21,23-26,28H,2-3,5-12,17,22H2,1H3/q+1. The molecular weight excluding hydrogens is 400 g/mol. The zero-order valence-electron chi connectivity index (χ0n) is 20.5. The molecule has 1 unspecified atom stereocenters. The van der Waals surface area contributed by atoms with Crippen molar-refractivity contribution in [1.29, 1.82) is 0 Å². The molecule has 1 aromatic carbocycles. The SMILES string of the molecule is C=CC(c1ccccc1)c1ccnc(-[n+]2ccccc2)c1CCCCCCCCCCCC. The van der Waals surface area contributed by atoms with Gasteiger partial charge >= 0.3 is 5.82 Å². The van der Waals surface area contributed by atoms with Crippen LogP contribution in [0.5, 0.6) is 0 Å². The van der Waals surface area contributed by atoms with Crippen molar-refractivity contribution < 1.29 is 4.57 Å². The Hall–Kier alpha value is -2.74. The van der Waals surface area contributed by atoms with E-state index >= 15 is 0 Å². The van der Waals surface area contributed by atoms with Crippen molar-refractivity contribution in [3.8, 4) is 5.82 Å². The van der Waals surface area contributed by atoms with Crippen molar-refractivity contribution in [2.24, 2.45) is 0 Å². The number of pyridine rings is 2. The average molecular weight is 442 g/mol. The van der Waals surface area contributed by atoms with E-state index in [9.17, 15) is 0 Å². The van der Waals surface area contributed by atoms with Crippen LogP contribution in [0.3, 0.4) is 0 Å². The monoisotopic (exact) mass is 441 g/mol. The van der Waals surface area contributed by atoms with E-state index in [1.54, 1.807) is 0 Å². The number of hydrogen-bond donors (Lipinski definition) is 0. The molecule has 0 aliphatic carbocycles. The summed E-state index contributed by atoms with van der Waals surface area (Å²) in [7, 11) is 0. The van der Waals surface area contributed by atoms with E-state index in [0.29, 0.717) is 0 Å². The summed E-state index contributed by atoms with van der Waals surface area (Å²) in [5.74, 6) is 1.22. The Balaban J connectivity index is 1.70. The summed E-state index contributed by atoms with van der Waals surface area (Å²) >= 11 is 0. The molecule has 0 spiro atoms.